The molecule has 0 aromatic heterocycles. The summed E-state index contributed by atoms with van der Waals surface area (Å²) in [6.45, 7) is 35.8. The molecule has 1 heterocycles. The minimum atomic E-state index is -1.75. The van der Waals surface area contributed by atoms with E-state index in [0.29, 0.717) is 94.1 Å². The molecule has 0 radical (unpaired) electrons. The summed E-state index contributed by atoms with van der Waals surface area (Å²) in [5, 5.41) is 30.5. The van der Waals surface area contributed by atoms with Gasteiger partial charge in [0.25, 0.3) is 0 Å². The van der Waals surface area contributed by atoms with Crippen molar-refractivity contribution in [3.8, 4) is 11.5 Å². The number of ketones is 1. The number of carbonyl (C=O) groups excluding carboxylic acids is 13. The Labute approximate surface area is 703 Å². The van der Waals surface area contributed by atoms with Crippen LogP contribution in [-0.4, -0.2) is 229 Å². The summed E-state index contributed by atoms with van der Waals surface area (Å²) < 4.78 is 73.0. The van der Waals surface area contributed by atoms with Gasteiger partial charge >= 0.3 is 72.6 Å². The summed E-state index contributed by atoms with van der Waals surface area (Å²) in [6.07, 6.45) is 4.54. The number of Topliss-reactive ketones (excluding diaryl/α,β-unsaturated/α-hetero) is 1. The second-order valence-electron chi connectivity index (χ2n) is 29.5. The van der Waals surface area contributed by atoms with E-state index in [2.05, 4.69) is 63.5 Å². The maximum absolute atomic E-state index is 13.1. The zero-order valence-electron chi connectivity index (χ0n) is 71.8. The van der Waals surface area contributed by atoms with Crippen molar-refractivity contribution in [3.63, 3.8) is 0 Å². The lowest BCUT2D eigenvalue weighted by Crippen LogP contribution is -2.53. The van der Waals surface area contributed by atoms with E-state index in [-0.39, 0.29) is 81.7 Å². The highest BCUT2D eigenvalue weighted by molar-refractivity contribution is 6.03. The van der Waals surface area contributed by atoms with Crippen LogP contribution in [0.25, 0.3) is 0 Å². The summed E-state index contributed by atoms with van der Waals surface area (Å²) in [7, 11) is 0. The molecule has 1 saturated heterocycles. The normalized spacial score (nSPS) is 14.0. The number of ether oxygens (including phenoxy) is 14. The van der Waals surface area contributed by atoms with E-state index in [9.17, 15) is 67.4 Å². The van der Waals surface area contributed by atoms with Crippen LogP contribution in [0.2, 0.25) is 0 Å². The maximum atomic E-state index is 13.1. The Morgan fingerprint density at radius 3 is 0.975 bits per heavy atom. The number of rotatable bonds is 56. The monoisotopic (exact) mass is 1700 g/mol. The Bertz CT molecular complexity index is 3630. The molecule has 8 amide bonds. The van der Waals surface area contributed by atoms with Gasteiger partial charge in [-0.2, -0.15) is 0 Å². The summed E-state index contributed by atoms with van der Waals surface area (Å²) >= 11 is 0. The summed E-state index contributed by atoms with van der Waals surface area (Å²) in [5.74, 6) is -1.66. The molecule has 3 rings (SSSR count). The first-order valence-corrected chi connectivity index (χ1v) is 40.4. The van der Waals surface area contributed by atoms with Crippen molar-refractivity contribution in [1.82, 2.24) is 42.1 Å². The summed E-state index contributed by atoms with van der Waals surface area (Å²) in [4.78, 5) is 157. The molecule has 0 bridgehead atoms. The molecule has 2 aromatic rings. The number of cyclic esters (lactones) is 1. The van der Waals surface area contributed by atoms with Crippen LogP contribution >= 0.6 is 0 Å². The lowest BCUT2D eigenvalue weighted by atomic mass is 9.86. The van der Waals surface area contributed by atoms with E-state index < -0.39 is 120 Å². The molecule has 0 saturated carbocycles. The van der Waals surface area contributed by atoms with Crippen molar-refractivity contribution in [2.45, 2.75) is 227 Å². The average Bonchev–Trinajstić information content (AvgIpc) is 1.57. The molecule has 8 N–H and O–H groups in total. The molecule has 0 spiro atoms. The number of hydrogen-bond acceptors (Lipinski definition) is 28. The highest BCUT2D eigenvalue weighted by atomic mass is 16.6. The van der Waals surface area contributed by atoms with Crippen LogP contribution in [0.3, 0.4) is 0 Å². The SMILES string of the molecule is C=C(C)C(=O)OCC(C)OC(=O)NCCCCCCNC(=O)OCCOc1ccc(C(=O)C(C)(C)OC(=O)NCCCCCCNC(=O)OC(C)COC(=O)C(=C)C)cc1.C=C(C)C(=O)OCC(C)OC(=O)NCCCCCCNC(=O)OCCOc1ccc([C@@]2(O)N(CCCCCCNC(=O)OC(C)COC(=O)C(=C)C)C(=O)OC2(C)C)cc1. The van der Waals surface area contributed by atoms with E-state index in [1.807, 2.05) is 0 Å². The molecular formula is C84H128N8O28. The maximum Gasteiger partial charge on any atom is 0.413 e. The molecule has 1 fully saturated rings. The molecule has 1 aliphatic heterocycles. The van der Waals surface area contributed by atoms with E-state index in [4.69, 9.17) is 66.3 Å². The zero-order chi connectivity index (χ0) is 89.6. The Hall–Kier alpha value is -11.3. The van der Waals surface area contributed by atoms with Crippen LogP contribution in [-0.2, 0) is 81.7 Å². The number of benzene rings is 2. The van der Waals surface area contributed by atoms with Gasteiger partial charge in [-0.3, -0.25) is 9.69 Å². The van der Waals surface area contributed by atoms with Crippen molar-refractivity contribution in [3.05, 3.63) is 108 Å². The Morgan fingerprint density at radius 2 is 0.675 bits per heavy atom. The topological polar surface area (TPSA) is 459 Å². The third kappa shape index (κ3) is 45.0. The largest absolute Gasteiger partial charge is 0.490 e. The fourth-order valence-corrected chi connectivity index (χ4v) is 10.6. The van der Waals surface area contributed by atoms with Gasteiger partial charge in [0.15, 0.2) is 11.2 Å². The van der Waals surface area contributed by atoms with Gasteiger partial charge in [-0.05, 0) is 171 Å². The zero-order valence-corrected chi connectivity index (χ0v) is 71.8. The Kier molecular flexibility index (Phi) is 50.4. The van der Waals surface area contributed by atoms with Crippen molar-refractivity contribution in [2.24, 2.45) is 0 Å². The fourth-order valence-electron chi connectivity index (χ4n) is 10.6. The molecule has 36 nitrogen and oxygen atoms in total. The number of nitrogens with one attached hydrogen (secondary N) is 7. The lowest BCUT2D eigenvalue weighted by molar-refractivity contribution is -0.149. The minimum absolute atomic E-state index is 0.00523. The molecular weight excluding hydrogens is 1570 g/mol. The van der Waals surface area contributed by atoms with Gasteiger partial charge in [-0.15, -0.1) is 0 Å². The highest BCUT2D eigenvalue weighted by Crippen LogP contribution is 2.45. The predicted octanol–water partition coefficient (Wildman–Crippen LogP) is 11.8. The first kappa shape index (κ1) is 105. The first-order valence-electron chi connectivity index (χ1n) is 40.4. The van der Waals surface area contributed by atoms with Crippen molar-refractivity contribution in [1.29, 1.82) is 0 Å². The van der Waals surface area contributed by atoms with Gasteiger partial charge in [0.2, 0.25) is 11.5 Å². The predicted molar refractivity (Wildman–Crippen MR) is 439 cm³/mol. The molecule has 4 unspecified atom stereocenters. The van der Waals surface area contributed by atoms with Crippen LogP contribution < -0.4 is 46.7 Å². The van der Waals surface area contributed by atoms with Gasteiger partial charge in [0.1, 0.15) is 88.8 Å². The van der Waals surface area contributed by atoms with Gasteiger partial charge in [-0.25, -0.2) is 57.5 Å². The standard InChI is InChI=1S/2C42H64N4O14/c1-29(2)35(47)56-27-31(5)58-38(50)44-22-14-10-9-13-21-43-37(49)55-26-25-54-34-19-17-33(18-20-34)42(53)41(7,8)60-40(52)46(42)24-16-12-11-15-23-45-39(51)59-32(6)28-57-36(48)30(3)4;1-29(2)36(48)56-27-31(5)58-39(51)44-22-14-10-9-13-21-43-38(50)55-26-25-54-34-19-17-33(18-20-34)35(47)42(7,8)60-41(53)46-24-16-12-11-15-23-45-40(52)59-32(6)28-57-37(49)30(3)4/h17-20,31-32,53H,1,3,9-16,21-28H2,2,4-8H3,(H,43,49)(H,44,50)(H,45,51);17-20,31-32H,1,3,9-16,21-28H2,2,4-8H3,(H,43,50)(H,44,51)(H,45,52)(H,46,53)/t31?,32?,42-;/m0./s1. The third-order valence-electron chi connectivity index (χ3n) is 17.2. The molecule has 5 atom stereocenters. The van der Waals surface area contributed by atoms with Crippen LogP contribution in [0.5, 0.6) is 11.5 Å². The van der Waals surface area contributed by atoms with Crippen molar-refractivity contribution >= 4 is 78.4 Å². The Balaban J connectivity index is 0.000000813. The molecule has 1 aliphatic rings. The van der Waals surface area contributed by atoms with Gasteiger partial charge < -0.3 is 109 Å². The highest BCUT2D eigenvalue weighted by Gasteiger charge is 2.60. The molecule has 2 aromatic carbocycles. The molecule has 672 valence electrons. The fraction of sp³-hybridized carbons (Fsp3) is 0.607. The number of amides is 8. The smallest absolute Gasteiger partial charge is 0.413 e. The molecule has 0 aliphatic carbocycles. The van der Waals surface area contributed by atoms with E-state index in [1.54, 1.807) is 90.1 Å². The number of nitrogens with zero attached hydrogens (tertiary/aromatic N) is 1. The second-order valence-corrected chi connectivity index (χ2v) is 29.5. The van der Waals surface area contributed by atoms with E-state index in [1.165, 1.54) is 46.4 Å². The van der Waals surface area contributed by atoms with E-state index >= 15 is 0 Å². The molecule has 120 heavy (non-hydrogen) atoms. The van der Waals surface area contributed by atoms with Crippen LogP contribution in [0.15, 0.2) is 97.1 Å². The number of carbonyl (C=O) groups is 13. The number of esters is 4. The first-order chi connectivity index (χ1) is 56.8. The van der Waals surface area contributed by atoms with Crippen LogP contribution in [0, 0.1) is 0 Å². The lowest BCUT2D eigenvalue weighted by Gasteiger charge is -2.38. The summed E-state index contributed by atoms with van der Waals surface area (Å²) in [6, 6.07) is 12.9. The number of alkyl carbamates (subject to hydrolysis) is 7. The number of aliphatic hydroxyl groups is 1. The van der Waals surface area contributed by atoms with Crippen molar-refractivity contribution < 1.29 is 134 Å². The third-order valence-corrected chi connectivity index (χ3v) is 17.2. The summed E-state index contributed by atoms with van der Waals surface area (Å²) in [5.41, 5.74) is -2.63. The number of hydrogen-bond donors (Lipinski definition) is 8. The minimum Gasteiger partial charge on any atom is -0.490 e. The molecule has 36 heteroatoms. The van der Waals surface area contributed by atoms with Gasteiger partial charge in [-0.1, -0.05) is 89.8 Å². The van der Waals surface area contributed by atoms with Crippen LogP contribution in [0.4, 0.5) is 38.4 Å². The van der Waals surface area contributed by atoms with Crippen LogP contribution in [0.1, 0.15) is 202 Å². The average molecular weight is 1700 g/mol. The quantitative estimate of drug-likeness (QED) is 0.0100. The second kappa shape index (κ2) is 57.7. The van der Waals surface area contributed by atoms with Crippen molar-refractivity contribution in [2.75, 3.05) is 105 Å². The van der Waals surface area contributed by atoms with Gasteiger partial charge in [0, 0.05) is 85.8 Å². The Morgan fingerprint density at radius 1 is 0.400 bits per heavy atom. The van der Waals surface area contributed by atoms with E-state index in [0.717, 1.165) is 77.0 Å². The van der Waals surface area contributed by atoms with Gasteiger partial charge in [0.05, 0.1) is 0 Å². The number of unbranched alkanes of at least 4 members (excludes halogenated alkanes) is 12.